The van der Waals surface area contributed by atoms with E-state index >= 15 is 0 Å². The molecular weight excluding hydrogens is 272 g/mol. The molecule has 1 aromatic carbocycles. The first-order valence-corrected chi connectivity index (χ1v) is 6.26. The molecule has 0 saturated heterocycles. The van der Waals surface area contributed by atoms with Crippen LogP contribution in [0.5, 0.6) is 0 Å². The van der Waals surface area contributed by atoms with Crippen LogP contribution in [-0.4, -0.2) is 17.6 Å². The first-order valence-electron chi connectivity index (χ1n) is 5.85. The van der Waals surface area contributed by atoms with Gasteiger partial charge in [-0.25, -0.2) is 8.78 Å². The fourth-order valence-electron chi connectivity index (χ4n) is 1.44. The lowest BCUT2D eigenvalue weighted by Crippen LogP contribution is -2.11. The predicted octanol–water partition coefficient (Wildman–Crippen LogP) is 3.22. The summed E-state index contributed by atoms with van der Waals surface area (Å²) in [6.07, 6.45) is 0.858. The molecule has 0 unspecified atom stereocenters. The molecule has 0 aliphatic carbocycles. The fourth-order valence-corrected chi connectivity index (χ4v) is 1.68. The van der Waals surface area contributed by atoms with Gasteiger partial charge in [0.05, 0.1) is 12.3 Å². The van der Waals surface area contributed by atoms with Crippen LogP contribution in [-0.2, 0) is 16.0 Å². The van der Waals surface area contributed by atoms with Gasteiger partial charge in [-0.3, -0.25) is 4.79 Å². The number of carbonyl (C=O) groups is 1. The minimum Gasteiger partial charge on any atom is -0.487 e. The molecule has 104 valence electrons. The monoisotopic (exact) mass is 287 g/mol. The minimum atomic E-state index is -0.822. The zero-order valence-corrected chi connectivity index (χ0v) is 11.6. The van der Waals surface area contributed by atoms with Crippen LogP contribution in [0.2, 0.25) is 0 Å². The van der Waals surface area contributed by atoms with Gasteiger partial charge in [-0.15, -0.1) is 0 Å². The standard InChI is InChI=1S/C13H15F2NO2S/c1-3-4-18-13(19)6-9-5-12(16-8(2)17)11(15)7-10(9)14/h5,7H,3-4,6H2,1-2H3,(H,16,17). The van der Waals surface area contributed by atoms with Crippen LogP contribution in [0.4, 0.5) is 14.5 Å². The van der Waals surface area contributed by atoms with Crippen LogP contribution in [0.15, 0.2) is 12.1 Å². The molecule has 0 aliphatic heterocycles. The lowest BCUT2D eigenvalue weighted by molar-refractivity contribution is -0.114. The maximum absolute atomic E-state index is 13.6. The largest absolute Gasteiger partial charge is 0.487 e. The van der Waals surface area contributed by atoms with Crippen molar-refractivity contribution in [1.29, 1.82) is 0 Å². The molecule has 0 heterocycles. The fraction of sp³-hybridized carbons (Fsp3) is 0.385. The second-order valence-corrected chi connectivity index (χ2v) is 4.46. The van der Waals surface area contributed by atoms with Crippen molar-refractivity contribution in [2.75, 3.05) is 11.9 Å². The van der Waals surface area contributed by atoms with E-state index in [0.717, 1.165) is 12.5 Å². The van der Waals surface area contributed by atoms with Gasteiger partial charge in [0.15, 0.2) is 5.05 Å². The number of amides is 1. The Labute approximate surface area is 116 Å². The molecule has 19 heavy (non-hydrogen) atoms. The number of anilines is 1. The molecule has 0 saturated carbocycles. The number of carbonyl (C=O) groups excluding carboxylic acids is 1. The zero-order chi connectivity index (χ0) is 14.4. The van der Waals surface area contributed by atoms with E-state index in [1.807, 2.05) is 6.92 Å². The maximum Gasteiger partial charge on any atom is 0.221 e. The Morgan fingerprint density at radius 1 is 1.37 bits per heavy atom. The second-order valence-electron chi connectivity index (χ2n) is 4.00. The van der Waals surface area contributed by atoms with Gasteiger partial charge in [0, 0.05) is 19.4 Å². The number of benzene rings is 1. The summed E-state index contributed by atoms with van der Waals surface area (Å²) in [5.41, 5.74) is 0.119. The molecule has 0 radical (unpaired) electrons. The number of hydrogen-bond donors (Lipinski definition) is 1. The van der Waals surface area contributed by atoms with Gasteiger partial charge in [-0.1, -0.05) is 6.92 Å². The van der Waals surface area contributed by atoms with E-state index in [0.29, 0.717) is 6.61 Å². The molecule has 0 atom stereocenters. The third kappa shape index (κ3) is 4.90. The number of ether oxygens (including phenoxy) is 1. The van der Waals surface area contributed by atoms with Crippen LogP contribution in [0.1, 0.15) is 25.8 Å². The van der Waals surface area contributed by atoms with Gasteiger partial charge < -0.3 is 10.1 Å². The van der Waals surface area contributed by atoms with Crippen molar-refractivity contribution in [2.24, 2.45) is 0 Å². The molecule has 0 bridgehead atoms. The highest BCUT2D eigenvalue weighted by molar-refractivity contribution is 7.80. The number of thiocarbonyl (C=S) groups is 1. The average Bonchev–Trinajstić information content (AvgIpc) is 2.32. The van der Waals surface area contributed by atoms with Gasteiger partial charge >= 0.3 is 0 Å². The molecule has 3 nitrogen and oxygen atoms in total. The third-order valence-electron chi connectivity index (χ3n) is 2.25. The van der Waals surface area contributed by atoms with Gasteiger partial charge in [0.2, 0.25) is 5.91 Å². The third-order valence-corrected chi connectivity index (χ3v) is 2.51. The molecule has 1 rings (SSSR count). The van der Waals surface area contributed by atoms with E-state index in [-0.39, 0.29) is 22.7 Å². The Hall–Kier alpha value is -1.56. The quantitative estimate of drug-likeness (QED) is 0.845. The summed E-state index contributed by atoms with van der Waals surface area (Å²) in [6.45, 7) is 3.63. The molecule has 6 heteroatoms. The normalized spacial score (nSPS) is 10.1. The Morgan fingerprint density at radius 2 is 2.05 bits per heavy atom. The number of nitrogens with one attached hydrogen (secondary N) is 1. The first kappa shape index (κ1) is 15.5. The lowest BCUT2D eigenvalue weighted by Gasteiger charge is -2.10. The Kier molecular flexibility index (Phi) is 5.82. The van der Waals surface area contributed by atoms with Crippen molar-refractivity contribution in [3.05, 3.63) is 29.3 Å². The summed E-state index contributed by atoms with van der Waals surface area (Å²) in [5, 5.41) is 2.53. The van der Waals surface area contributed by atoms with Crippen LogP contribution in [0, 0.1) is 11.6 Å². The molecule has 0 aromatic heterocycles. The van der Waals surface area contributed by atoms with Gasteiger partial charge in [0.1, 0.15) is 11.6 Å². The second kappa shape index (κ2) is 7.13. The van der Waals surface area contributed by atoms with Crippen molar-refractivity contribution in [3.8, 4) is 0 Å². The summed E-state index contributed by atoms with van der Waals surface area (Å²) < 4.78 is 32.2. The van der Waals surface area contributed by atoms with Crippen molar-refractivity contribution >= 4 is 28.9 Å². The smallest absolute Gasteiger partial charge is 0.221 e. The predicted molar refractivity (Wildman–Crippen MR) is 73.2 cm³/mol. The first-order chi connectivity index (χ1) is 8.93. The molecule has 1 aromatic rings. The Morgan fingerprint density at radius 3 is 2.63 bits per heavy atom. The van der Waals surface area contributed by atoms with Crippen LogP contribution >= 0.6 is 12.2 Å². The average molecular weight is 287 g/mol. The summed E-state index contributed by atoms with van der Waals surface area (Å²) in [6, 6.07) is 1.96. The number of hydrogen-bond acceptors (Lipinski definition) is 3. The van der Waals surface area contributed by atoms with Crippen LogP contribution in [0.25, 0.3) is 0 Å². The number of halogens is 2. The number of rotatable bonds is 5. The highest BCUT2D eigenvalue weighted by Crippen LogP contribution is 2.20. The minimum absolute atomic E-state index is 0.0635. The van der Waals surface area contributed by atoms with E-state index in [2.05, 4.69) is 5.32 Å². The van der Waals surface area contributed by atoms with Crippen molar-refractivity contribution in [2.45, 2.75) is 26.7 Å². The molecule has 0 fully saturated rings. The van der Waals surface area contributed by atoms with E-state index in [1.54, 1.807) is 0 Å². The summed E-state index contributed by atoms with van der Waals surface area (Å²) >= 11 is 4.96. The van der Waals surface area contributed by atoms with Crippen molar-refractivity contribution < 1.29 is 18.3 Å². The molecule has 1 amide bonds. The topological polar surface area (TPSA) is 38.3 Å². The Balaban J connectivity index is 2.88. The molecule has 0 aliphatic rings. The van der Waals surface area contributed by atoms with Gasteiger partial charge in [-0.05, 0) is 30.3 Å². The van der Waals surface area contributed by atoms with Crippen LogP contribution < -0.4 is 5.32 Å². The van der Waals surface area contributed by atoms with Gasteiger partial charge in [-0.2, -0.15) is 0 Å². The van der Waals surface area contributed by atoms with E-state index in [9.17, 15) is 13.6 Å². The summed E-state index contributed by atoms with van der Waals surface area (Å²) in [4.78, 5) is 10.9. The Bertz CT molecular complexity index is 492. The van der Waals surface area contributed by atoms with Crippen molar-refractivity contribution in [3.63, 3.8) is 0 Å². The molecular formula is C13H15F2NO2S. The van der Waals surface area contributed by atoms with Crippen molar-refractivity contribution in [1.82, 2.24) is 0 Å². The maximum atomic E-state index is 13.6. The summed E-state index contributed by atoms with van der Waals surface area (Å²) in [5.74, 6) is -1.97. The molecule has 1 N–H and O–H groups in total. The highest BCUT2D eigenvalue weighted by Gasteiger charge is 2.12. The van der Waals surface area contributed by atoms with Gasteiger partial charge in [0.25, 0.3) is 0 Å². The van der Waals surface area contributed by atoms with E-state index in [1.165, 1.54) is 13.0 Å². The van der Waals surface area contributed by atoms with Crippen LogP contribution in [0.3, 0.4) is 0 Å². The summed E-state index contributed by atoms with van der Waals surface area (Å²) in [7, 11) is 0. The zero-order valence-electron chi connectivity index (χ0n) is 10.8. The highest BCUT2D eigenvalue weighted by atomic mass is 32.1. The molecule has 0 spiro atoms. The SMILES string of the molecule is CCCOC(=S)Cc1cc(NC(C)=O)c(F)cc1F. The lowest BCUT2D eigenvalue weighted by atomic mass is 10.1. The van der Waals surface area contributed by atoms with E-state index < -0.39 is 17.5 Å². The van der Waals surface area contributed by atoms with E-state index in [4.69, 9.17) is 17.0 Å².